The second-order valence-corrected chi connectivity index (χ2v) is 12.1. The number of nitrogens with one attached hydrogen (secondary N) is 2. The van der Waals surface area contributed by atoms with Gasteiger partial charge in [-0.15, -0.1) is 0 Å². The van der Waals surface area contributed by atoms with E-state index in [1.165, 1.54) is 12.0 Å². The van der Waals surface area contributed by atoms with Crippen molar-refractivity contribution in [1.82, 2.24) is 25.0 Å². The molecule has 0 aliphatic carbocycles. The van der Waals surface area contributed by atoms with Crippen molar-refractivity contribution in [2.24, 2.45) is 0 Å². The van der Waals surface area contributed by atoms with Crippen molar-refractivity contribution >= 4 is 22.6 Å². The lowest BCUT2D eigenvalue weighted by molar-refractivity contribution is 0.0357. The van der Waals surface area contributed by atoms with E-state index in [1.807, 2.05) is 23.0 Å². The van der Waals surface area contributed by atoms with Crippen LogP contribution < -0.4 is 10.6 Å². The van der Waals surface area contributed by atoms with E-state index in [0.29, 0.717) is 18.2 Å². The summed E-state index contributed by atoms with van der Waals surface area (Å²) in [7, 11) is 0. The van der Waals surface area contributed by atoms with Gasteiger partial charge in [0.05, 0.1) is 30.5 Å². The number of aromatic nitrogens is 3. The number of morpholine rings is 1. The number of carbonyl (C=O) groups is 1. The zero-order chi connectivity index (χ0) is 31.3. The van der Waals surface area contributed by atoms with Crippen LogP contribution in [0.2, 0.25) is 0 Å². The molecule has 3 aromatic rings. The minimum absolute atomic E-state index is 0.0769. The largest absolute Gasteiger partial charge is 0.381 e. The van der Waals surface area contributed by atoms with Crippen LogP contribution in [-0.4, -0.2) is 90.9 Å². The molecule has 10 nitrogen and oxygen atoms in total. The van der Waals surface area contributed by atoms with E-state index < -0.39 is 0 Å². The number of carbonyl (C=O) groups excluding carboxylic acids is 1. The third kappa shape index (κ3) is 9.48. The molecule has 2 fully saturated rings. The number of amides is 1. The van der Waals surface area contributed by atoms with Gasteiger partial charge in [-0.25, -0.2) is 9.67 Å². The maximum Gasteiger partial charge on any atom is 0.251 e. The normalized spacial score (nSPS) is 16.3. The van der Waals surface area contributed by atoms with Crippen molar-refractivity contribution in [3.8, 4) is 0 Å². The second kappa shape index (κ2) is 17.6. The highest BCUT2D eigenvalue weighted by molar-refractivity contribution is 5.95. The average Bonchev–Trinajstić information content (AvgIpc) is 3.51. The predicted octanol–water partition coefficient (Wildman–Crippen LogP) is 4.99. The standard InChI is InChI=1S/C35H52N6O4/c1-3-32-30(33(38-29-14-21-44-22-15-29)31-26-37-41(4-2)34(31)39-32)25-36-35(42)28-12-10-27(11-13-28)9-5-7-19-43-20-8-6-16-40-17-23-45-24-18-40/h10-13,26,29H,3-9,14-25H2,1-2H3,(H,36,42)(H,38,39). The topological polar surface area (TPSA) is 103 Å². The number of anilines is 1. The average molecular weight is 621 g/mol. The summed E-state index contributed by atoms with van der Waals surface area (Å²) in [6, 6.07) is 8.33. The maximum absolute atomic E-state index is 13.2. The number of benzene rings is 1. The summed E-state index contributed by atoms with van der Waals surface area (Å²) >= 11 is 0. The molecule has 0 radical (unpaired) electrons. The van der Waals surface area contributed by atoms with Crippen molar-refractivity contribution in [2.45, 2.75) is 84.3 Å². The lowest BCUT2D eigenvalue weighted by Gasteiger charge is -2.26. The van der Waals surface area contributed by atoms with Crippen molar-refractivity contribution in [1.29, 1.82) is 0 Å². The summed E-state index contributed by atoms with van der Waals surface area (Å²) in [5, 5.41) is 12.6. The molecule has 5 rings (SSSR count). The Kier molecular flexibility index (Phi) is 13.0. The van der Waals surface area contributed by atoms with Crippen LogP contribution in [0.3, 0.4) is 0 Å². The van der Waals surface area contributed by atoms with Crippen LogP contribution in [-0.2, 0) is 40.1 Å². The van der Waals surface area contributed by atoms with E-state index in [4.69, 9.17) is 19.2 Å². The number of fused-ring (bicyclic) bond motifs is 1. The zero-order valence-electron chi connectivity index (χ0n) is 27.3. The van der Waals surface area contributed by atoms with Gasteiger partial charge in [-0.1, -0.05) is 19.1 Å². The number of rotatable bonds is 17. The van der Waals surface area contributed by atoms with Crippen molar-refractivity contribution in [3.05, 3.63) is 52.8 Å². The molecule has 2 N–H and O–H groups in total. The first kappa shape index (κ1) is 33.3. The quantitative estimate of drug-likeness (QED) is 0.204. The zero-order valence-corrected chi connectivity index (χ0v) is 27.3. The number of ether oxygens (including phenoxy) is 3. The lowest BCUT2D eigenvalue weighted by atomic mass is 10.0. The Morgan fingerprint density at radius 2 is 1.71 bits per heavy atom. The van der Waals surface area contributed by atoms with Crippen LogP contribution in [0.1, 0.15) is 79.6 Å². The van der Waals surface area contributed by atoms with Crippen molar-refractivity contribution < 1.29 is 19.0 Å². The maximum atomic E-state index is 13.2. The molecular formula is C35H52N6O4. The van der Waals surface area contributed by atoms with Gasteiger partial charge in [-0.2, -0.15) is 5.10 Å². The molecule has 2 saturated heterocycles. The van der Waals surface area contributed by atoms with E-state index in [2.05, 4.69) is 46.6 Å². The molecule has 2 aromatic heterocycles. The fourth-order valence-corrected chi connectivity index (χ4v) is 6.19. The molecule has 10 heteroatoms. The van der Waals surface area contributed by atoms with E-state index in [1.54, 1.807) is 0 Å². The van der Waals surface area contributed by atoms with E-state index in [-0.39, 0.29) is 5.91 Å². The van der Waals surface area contributed by atoms with Gasteiger partial charge >= 0.3 is 0 Å². The van der Waals surface area contributed by atoms with Gasteiger partial charge in [-0.05, 0) is 82.5 Å². The molecule has 2 aliphatic rings. The lowest BCUT2D eigenvalue weighted by Crippen LogP contribution is -2.36. The highest BCUT2D eigenvalue weighted by Gasteiger charge is 2.22. The summed E-state index contributed by atoms with van der Waals surface area (Å²) in [5.41, 5.74) is 5.87. The molecule has 246 valence electrons. The van der Waals surface area contributed by atoms with E-state index >= 15 is 0 Å². The molecule has 2 aliphatic heterocycles. The third-order valence-electron chi connectivity index (χ3n) is 8.94. The minimum atomic E-state index is -0.0769. The van der Waals surface area contributed by atoms with Gasteiger partial charge in [0.15, 0.2) is 5.65 Å². The Bertz CT molecular complexity index is 1330. The summed E-state index contributed by atoms with van der Waals surface area (Å²) in [5.74, 6) is -0.0769. The Morgan fingerprint density at radius 3 is 2.44 bits per heavy atom. The highest BCUT2D eigenvalue weighted by Crippen LogP contribution is 2.31. The molecule has 1 amide bonds. The van der Waals surface area contributed by atoms with Crippen LogP contribution in [0.15, 0.2) is 30.5 Å². The summed E-state index contributed by atoms with van der Waals surface area (Å²) in [6.07, 6.45) is 9.98. The Hall–Kier alpha value is -3.05. The fraction of sp³-hybridized carbons (Fsp3) is 0.629. The molecular weight excluding hydrogens is 568 g/mol. The minimum Gasteiger partial charge on any atom is -0.381 e. The molecule has 1 aromatic carbocycles. The molecule has 0 saturated carbocycles. The fourth-order valence-electron chi connectivity index (χ4n) is 6.19. The Morgan fingerprint density at radius 1 is 0.978 bits per heavy atom. The van der Waals surface area contributed by atoms with Crippen LogP contribution >= 0.6 is 0 Å². The summed E-state index contributed by atoms with van der Waals surface area (Å²) in [6.45, 7) is 13.5. The third-order valence-corrected chi connectivity index (χ3v) is 8.94. The SMILES string of the molecule is CCc1nc2c(cnn2CC)c(NC2CCOCC2)c1CNC(=O)c1ccc(CCCCOCCCCN2CCOCC2)cc1. The Labute approximate surface area is 268 Å². The van der Waals surface area contributed by atoms with E-state index in [9.17, 15) is 4.79 Å². The van der Waals surface area contributed by atoms with Gasteiger partial charge < -0.3 is 24.8 Å². The first-order valence-electron chi connectivity index (χ1n) is 17.1. The number of hydrogen-bond donors (Lipinski definition) is 2. The number of unbranched alkanes of at least 4 members (excludes halogenated alkanes) is 2. The molecule has 45 heavy (non-hydrogen) atoms. The molecule has 0 atom stereocenters. The van der Waals surface area contributed by atoms with Crippen LogP contribution in [0.25, 0.3) is 11.0 Å². The first-order chi connectivity index (χ1) is 22.2. The van der Waals surface area contributed by atoms with Crippen molar-refractivity contribution in [3.63, 3.8) is 0 Å². The van der Waals surface area contributed by atoms with Gasteiger partial charge in [0.1, 0.15) is 0 Å². The number of hydrogen-bond acceptors (Lipinski definition) is 8. The predicted molar refractivity (Wildman–Crippen MR) is 178 cm³/mol. The molecule has 0 unspecified atom stereocenters. The van der Waals surface area contributed by atoms with Gasteiger partial charge in [0.2, 0.25) is 0 Å². The number of nitrogens with zero attached hydrogens (tertiary/aromatic N) is 4. The van der Waals surface area contributed by atoms with Crippen LogP contribution in [0.5, 0.6) is 0 Å². The van der Waals surface area contributed by atoms with Crippen LogP contribution in [0.4, 0.5) is 5.69 Å². The monoisotopic (exact) mass is 620 g/mol. The Balaban J connectivity index is 1.08. The smallest absolute Gasteiger partial charge is 0.251 e. The summed E-state index contributed by atoms with van der Waals surface area (Å²) < 4.78 is 18.8. The van der Waals surface area contributed by atoms with E-state index in [0.717, 1.165) is 139 Å². The highest BCUT2D eigenvalue weighted by atomic mass is 16.5. The van der Waals surface area contributed by atoms with Gasteiger partial charge in [0.25, 0.3) is 5.91 Å². The molecule has 0 bridgehead atoms. The molecule has 0 spiro atoms. The van der Waals surface area contributed by atoms with Gasteiger partial charge in [-0.3, -0.25) is 9.69 Å². The first-order valence-corrected chi connectivity index (χ1v) is 17.1. The van der Waals surface area contributed by atoms with Crippen molar-refractivity contribution in [2.75, 3.05) is 64.6 Å². The molecule has 4 heterocycles. The number of pyridine rings is 1. The summed E-state index contributed by atoms with van der Waals surface area (Å²) in [4.78, 5) is 20.7. The van der Waals surface area contributed by atoms with Crippen LogP contribution in [0, 0.1) is 0 Å². The second-order valence-electron chi connectivity index (χ2n) is 12.1. The number of aryl methyl sites for hydroxylation is 3. The van der Waals surface area contributed by atoms with Gasteiger partial charge in [0, 0.05) is 75.5 Å².